The Morgan fingerprint density at radius 2 is 1.13 bits per heavy atom. The fourth-order valence-electron chi connectivity index (χ4n) is 2.27. The van der Waals surface area contributed by atoms with Gasteiger partial charge in [0.25, 0.3) is 0 Å². The number of hydrogen-bond acceptors (Lipinski definition) is 1. The molecule has 2 heteroatoms. The van der Waals surface area contributed by atoms with Crippen molar-refractivity contribution < 1.29 is 4.79 Å². The number of hydrogen-bond donors (Lipinski definition) is 1. The van der Waals surface area contributed by atoms with Gasteiger partial charge in [0.2, 0.25) is 6.41 Å². The highest BCUT2D eigenvalue weighted by Crippen LogP contribution is 2.13. The summed E-state index contributed by atoms with van der Waals surface area (Å²) in [7, 11) is 0. The lowest BCUT2D eigenvalue weighted by atomic mass is 10.0. The first-order valence-electron chi connectivity index (χ1n) is 8.73. The van der Waals surface area contributed by atoms with Gasteiger partial charge in [0.05, 0.1) is 0 Å². The van der Waals surface area contributed by atoms with E-state index in [-0.39, 0.29) is 0 Å². The predicted molar refractivity (Wildman–Crippen MR) is 102 cm³/mol. The van der Waals surface area contributed by atoms with Crippen molar-refractivity contribution in [2.75, 3.05) is 6.54 Å². The van der Waals surface area contributed by atoms with Gasteiger partial charge in [0, 0.05) is 6.54 Å². The van der Waals surface area contributed by atoms with E-state index in [0.717, 1.165) is 38.5 Å². The molecule has 0 saturated heterocycles. The Morgan fingerprint density at radius 3 is 1.57 bits per heavy atom. The van der Waals surface area contributed by atoms with Crippen LogP contribution in [0.5, 0.6) is 0 Å². The van der Waals surface area contributed by atoms with Crippen LogP contribution in [0.1, 0.15) is 73.1 Å². The van der Waals surface area contributed by atoms with Crippen molar-refractivity contribution in [2.24, 2.45) is 0 Å². The highest BCUT2D eigenvalue weighted by molar-refractivity contribution is 5.46. The van der Waals surface area contributed by atoms with Gasteiger partial charge >= 0.3 is 0 Å². The van der Waals surface area contributed by atoms with Gasteiger partial charge in [-0.15, -0.1) is 0 Å². The Balaban J connectivity index is 3.95. The quantitative estimate of drug-likeness (QED) is 0.272. The summed E-state index contributed by atoms with van der Waals surface area (Å²) in [6.45, 7) is 11.5. The molecular formula is C21H35NO. The molecule has 0 rings (SSSR count). The maximum atomic E-state index is 10.2. The Labute approximate surface area is 143 Å². The molecule has 130 valence electrons. The average molecular weight is 318 g/mol. The summed E-state index contributed by atoms with van der Waals surface area (Å²) in [5.41, 5.74) is 5.70. The molecule has 0 fully saturated rings. The van der Waals surface area contributed by atoms with E-state index in [4.69, 9.17) is 0 Å². The van der Waals surface area contributed by atoms with E-state index in [1.54, 1.807) is 0 Å². The zero-order valence-electron chi connectivity index (χ0n) is 15.7. The van der Waals surface area contributed by atoms with Gasteiger partial charge in [-0.25, -0.2) is 0 Å². The first-order valence-corrected chi connectivity index (χ1v) is 8.73. The first-order chi connectivity index (χ1) is 11.0. The summed E-state index contributed by atoms with van der Waals surface area (Å²) >= 11 is 0. The second-order valence-electron chi connectivity index (χ2n) is 6.58. The summed E-state index contributed by atoms with van der Waals surface area (Å²) in [5, 5.41) is 2.65. The van der Waals surface area contributed by atoms with E-state index in [1.807, 2.05) is 0 Å². The average Bonchev–Trinajstić information content (AvgIpc) is 2.47. The maximum Gasteiger partial charge on any atom is 0.207 e. The number of carbonyl (C=O) groups is 1. The van der Waals surface area contributed by atoms with Gasteiger partial charge in [-0.2, -0.15) is 0 Å². The largest absolute Gasteiger partial charge is 0.355 e. The van der Waals surface area contributed by atoms with Gasteiger partial charge in [-0.05, 0) is 73.1 Å². The number of rotatable bonds is 12. The van der Waals surface area contributed by atoms with Gasteiger partial charge < -0.3 is 5.32 Å². The summed E-state index contributed by atoms with van der Waals surface area (Å²) in [6, 6.07) is 0. The Morgan fingerprint density at radius 1 is 0.696 bits per heavy atom. The van der Waals surface area contributed by atoms with Crippen LogP contribution in [0.4, 0.5) is 0 Å². The molecule has 0 aromatic heterocycles. The minimum Gasteiger partial charge on any atom is -0.355 e. The van der Waals surface area contributed by atoms with Crippen molar-refractivity contribution in [2.45, 2.75) is 73.1 Å². The normalized spacial score (nSPS) is 13.0. The monoisotopic (exact) mass is 317 g/mol. The molecule has 0 aromatic carbocycles. The molecule has 0 bridgehead atoms. The van der Waals surface area contributed by atoms with Gasteiger partial charge in [0.15, 0.2) is 0 Å². The molecular weight excluding hydrogens is 282 g/mol. The summed E-state index contributed by atoms with van der Waals surface area (Å²) < 4.78 is 0. The molecule has 1 amide bonds. The van der Waals surface area contributed by atoms with Crippen molar-refractivity contribution in [3.05, 3.63) is 46.6 Å². The number of allylic oxidation sites excluding steroid dienone is 7. The van der Waals surface area contributed by atoms with Gasteiger partial charge in [-0.1, -0.05) is 46.6 Å². The van der Waals surface area contributed by atoms with Gasteiger partial charge in [-0.3, -0.25) is 4.79 Å². The highest BCUT2D eigenvalue weighted by Gasteiger charge is 1.93. The van der Waals surface area contributed by atoms with Crippen LogP contribution < -0.4 is 5.32 Å². The second kappa shape index (κ2) is 14.0. The van der Waals surface area contributed by atoms with Crippen LogP contribution in [-0.4, -0.2) is 13.0 Å². The minimum atomic E-state index is 0.634. The molecule has 1 N–H and O–H groups in total. The number of nitrogens with one attached hydrogen (secondary N) is 1. The molecule has 0 unspecified atom stereocenters. The summed E-state index contributed by atoms with van der Waals surface area (Å²) in [4.78, 5) is 10.2. The molecule has 0 aliphatic carbocycles. The van der Waals surface area contributed by atoms with E-state index < -0.39 is 0 Å². The van der Waals surface area contributed by atoms with Crippen molar-refractivity contribution in [1.82, 2.24) is 5.32 Å². The van der Waals surface area contributed by atoms with Crippen molar-refractivity contribution in [3.63, 3.8) is 0 Å². The zero-order chi connectivity index (χ0) is 17.5. The van der Waals surface area contributed by atoms with E-state index in [0.29, 0.717) is 6.54 Å². The molecule has 0 aromatic rings. The number of carbonyl (C=O) groups excluding carboxylic acids is 1. The van der Waals surface area contributed by atoms with Gasteiger partial charge in [0.1, 0.15) is 0 Å². The Bertz CT molecular complexity index is 448. The first kappa shape index (κ1) is 21.4. The van der Waals surface area contributed by atoms with Crippen LogP contribution >= 0.6 is 0 Å². The minimum absolute atomic E-state index is 0.634. The highest BCUT2D eigenvalue weighted by atomic mass is 16.1. The van der Waals surface area contributed by atoms with Crippen LogP contribution in [0.3, 0.4) is 0 Å². The van der Waals surface area contributed by atoms with Crippen LogP contribution in [0.15, 0.2) is 46.6 Å². The van der Waals surface area contributed by atoms with Crippen molar-refractivity contribution in [3.8, 4) is 0 Å². The zero-order valence-corrected chi connectivity index (χ0v) is 15.7. The van der Waals surface area contributed by atoms with Crippen molar-refractivity contribution in [1.29, 1.82) is 0 Å². The molecule has 0 radical (unpaired) electrons. The summed E-state index contributed by atoms with van der Waals surface area (Å²) in [5.74, 6) is 0. The van der Waals surface area contributed by atoms with Crippen LogP contribution in [-0.2, 0) is 4.79 Å². The molecule has 0 heterocycles. The maximum absolute atomic E-state index is 10.2. The standard InChI is InChI=1S/C21H35NO/c1-18(2)9-6-10-19(3)11-7-12-20(4)13-8-14-21(5)15-16-22-17-23/h9,11,13,15,17H,6-8,10,12,14,16H2,1-5H3,(H,22,23). The SMILES string of the molecule is CC(C)=CCCC(C)=CCCC(C)=CCCC(C)=CCNC=O. The summed E-state index contributed by atoms with van der Waals surface area (Å²) in [6.07, 6.45) is 16.6. The van der Waals surface area contributed by atoms with E-state index in [9.17, 15) is 4.79 Å². The smallest absolute Gasteiger partial charge is 0.207 e. The predicted octanol–water partition coefficient (Wildman–Crippen LogP) is 5.88. The van der Waals surface area contributed by atoms with E-state index in [1.165, 1.54) is 28.7 Å². The molecule has 2 nitrogen and oxygen atoms in total. The topological polar surface area (TPSA) is 29.1 Å². The molecule has 0 atom stereocenters. The molecule has 0 spiro atoms. The third-order valence-corrected chi connectivity index (χ3v) is 3.81. The fraction of sp³-hybridized carbons (Fsp3) is 0.571. The third kappa shape index (κ3) is 15.1. The van der Waals surface area contributed by atoms with Crippen molar-refractivity contribution >= 4 is 6.41 Å². The van der Waals surface area contributed by atoms with Crippen LogP contribution in [0.2, 0.25) is 0 Å². The second-order valence-corrected chi connectivity index (χ2v) is 6.58. The lowest BCUT2D eigenvalue weighted by Crippen LogP contribution is -2.09. The lowest BCUT2D eigenvalue weighted by molar-refractivity contribution is -0.109. The van der Waals surface area contributed by atoms with E-state index in [2.05, 4.69) is 64.2 Å². The van der Waals surface area contributed by atoms with Crippen LogP contribution in [0, 0.1) is 0 Å². The lowest BCUT2D eigenvalue weighted by Gasteiger charge is -2.02. The number of amides is 1. The fourth-order valence-corrected chi connectivity index (χ4v) is 2.27. The third-order valence-electron chi connectivity index (χ3n) is 3.81. The molecule has 0 saturated carbocycles. The molecule has 0 aliphatic rings. The van der Waals surface area contributed by atoms with E-state index >= 15 is 0 Å². The van der Waals surface area contributed by atoms with Crippen LogP contribution in [0.25, 0.3) is 0 Å². The Kier molecular flexibility index (Phi) is 13.1. The molecule has 23 heavy (non-hydrogen) atoms. The Hall–Kier alpha value is -1.57. The molecule has 0 aliphatic heterocycles.